The first-order valence-corrected chi connectivity index (χ1v) is 7.41. The molecule has 0 aromatic carbocycles. The second-order valence-corrected chi connectivity index (χ2v) is 5.64. The third-order valence-corrected chi connectivity index (χ3v) is 3.97. The van der Waals surface area contributed by atoms with Crippen LogP contribution >= 0.6 is 0 Å². The first-order valence-electron chi connectivity index (χ1n) is 7.41. The third-order valence-electron chi connectivity index (χ3n) is 3.97. The van der Waals surface area contributed by atoms with E-state index in [1.165, 1.54) is 39.0 Å². The van der Waals surface area contributed by atoms with E-state index in [9.17, 15) is 0 Å². The average molecular weight is 256 g/mol. The summed E-state index contributed by atoms with van der Waals surface area (Å²) in [5.41, 5.74) is 0. The molecule has 2 aliphatic heterocycles. The summed E-state index contributed by atoms with van der Waals surface area (Å²) in [7, 11) is 0. The van der Waals surface area contributed by atoms with Gasteiger partial charge in [-0.1, -0.05) is 0 Å². The molecular weight excluding hydrogens is 228 g/mol. The molecule has 0 radical (unpaired) electrons. The zero-order chi connectivity index (χ0) is 12.8. The standard InChI is InChI=1S/C14H28N2O2/c1-13(2)18-12-9-15-5-7-16(8-6-15)14-3-10-17-11-4-14/h13-14H,3-12H2,1-2H3. The summed E-state index contributed by atoms with van der Waals surface area (Å²) in [6.45, 7) is 12.9. The van der Waals surface area contributed by atoms with Crippen molar-refractivity contribution in [1.29, 1.82) is 0 Å². The Hall–Kier alpha value is -0.160. The van der Waals surface area contributed by atoms with Crippen molar-refractivity contribution in [3.05, 3.63) is 0 Å². The quantitative estimate of drug-likeness (QED) is 0.738. The van der Waals surface area contributed by atoms with Crippen molar-refractivity contribution in [3.63, 3.8) is 0 Å². The second-order valence-electron chi connectivity index (χ2n) is 5.64. The zero-order valence-electron chi connectivity index (χ0n) is 11.9. The van der Waals surface area contributed by atoms with Gasteiger partial charge in [0.2, 0.25) is 0 Å². The second kappa shape index (κ2) is 7.43. The predicted octanol–water partition coefficient (Wildman–Crippen LogP) is 1.21. The van der Waals surface area contributed by atoms with E-state index in [0.29, 0.717) is 6.10 Å². The Morgan fingerprint density at radius 3 is 2.39 bits per heavy atom. The van der Waals surface area contributed by atoms with Crippen molar-refractivity contribution in [1.82, 2.24) is 9.80 Å². The fourth-order valence-electron chi connectivity index (χ4n) is 2.82. The van der Waals surface area contributed by atoms with E-state index in [4.69, 9.17) is 9.47 Å². The molecule has 2 aliphatic rings. The average Bonchev–Trinajstić information content (AvgIpc) is 2.40. The maximum atomic E-state index is 5.62. The van der Waals surface area contributed by atoms with Crippen LogP contribution in [0.1, 0.15) is 26.7 Å². The van der Waals surface area contributed by atoms with E-state index >= 15 is 0 Å². The van der Waals surface area contributed by atoms with Gasteiger partial charge in [-0.3, -0.25) is 9.80 Å². The molecule has 4 heteroatoms. The highest BCUT2D eigenvalue weighted by Crippen LogP contribution is 2.16. The fraction of sp³-hybridized carbons (Fsp3) is 1.00. The Kier molecular flexibility index (Phi) is 5.89. The molecule has 2 saturated heterocycles. The van der Waals surface area contributed by atoms with E-state index in [0.717, 1.165) is 32.4 Å². The van der Waals surface area contributed by atoms with E-state index in [2.05, 4.69) is 23.6 Å². The van der Waals surface area contributed by atoms with Gasteiger partial charge in [0.05, 0.1) is 12.7 Å². The largest absolute Gasteiger partial charge is 0.381 e. The van der Waals surface area contributed by atoms with E-state index in [1.807, 2.05) is 0 Å². The van der Waals surface area contributed by atoms with Gasteiger partial charge in [0.25, 0.3) is 0 Å². The summed E-state index contributed by atoms with van der Waals surface area (Å²) in [4.78, 5) is 5.18. The molecular formula is C14H28N2O2. The Balaban J connectivity index is 1.61. The van der Waals surface area contributed by atoms with Crippen LogP contribution in [0.2, 0.25) is 0 Å². The van der Waals surface area contributed by atoms with E-state index in [-0.39, 0.29) is 0 Å². The highest BCUT2D eigenvalue weighted by molar-refractivity contribution is 4.80. The number of hydrogen-bond donors (Lipinski definition) is 0. The maximum Gasteiger partial charge on any atom is 0.0596 e. The van der Waals surface area contributed by atoms with Crippen LogP contribution in [0.25, 0.3) is 0 Å². The number of ether oxygens (including phenoxy) is 2. The molecule has 0 aromatic heterocycles. The van der Waals surface area contributed by atoms with Gasteiger partial charge in [-0.25, -0.2) is 0 Å². The highest BCUT2D eigenvalue weighted by atomic mass is 16.5. The lowest BCUT2D eigenvalue weighted by atomic mass is 10.1. The molecule has 0 N–H and O–H groups in total. The Morgan fingerprint density at radius 1 is 1.11 bits per heavy atom. The maximum absolute atomic E-state index is 5.62. The first-order chi connectivity index (χ1) is 8.75. The summed E-state index contributed by atoms with van der Waals surface area (Å²) in [6, 6.07) is 0.771. The SMILES string of the molecule is CC(C)OCCN1CCN(C2CCOCC2)CC1. The highest BCUT2D eigenvalue weighted by Gasteiger charge is 2.25. The van der Waals surface area contributed by atoms with Crippen molar-refractivity contribution in [2.24, 2.45) is 0 Å². The van der Waals surface area contributed by atoms with Crippen LogP contribution in [0.4, 0.5) is 0 Å². The molecule has 4 nitrogen and oxygen atoms in total. The molecule has 0 amide bonds. The van der Waals surface area contributed by atoms with Gasteiger partial charge in [0.15, 0.2) is 0 Å². The normalized spacial score (nSPS) is 24.8. The van der Waals surface area contributed by atoms with Crippen LogP contribution in [-0.4, -0.2) is 74.5 Å². The summed E-state index contributed by atoms with van der Waals surface area (Å²) in [5, 5.41) is 0. The van der Waals surface area contributed by atoms with Crippen LogP contribution in [0, 0.1) is 0 Å². The van der Waals surface area contributed by atoms with Gasteiger partial charge in [-0.15, -0.1) is 0 Å². The number of rotatable bonds is 5. The summed E-state index contributed by atoms with van der Waals surface area (Å²) in [5.74, 6) is 0. The van der Waals surface area contributed by atoms with Crippen LogP contribution in [0.15, 0.2) is 0 Å². The van der Waals surface area contributed by atoms with Gasteiger partial charge in [0, 0.05) is 52.0 Å². The van der Waals surface area contributed by atoms with Gasteiger partial charge < -0.3 is 9.47 Å². The summed E-state index contributed by atoms with van der Waals surface area (Å²) >= 11 is 0. The molecule has 0 aliphatic carbocycles. The molecule has 0 atom stereocenters. The lowest BCUT2D eigenvalue weighted by molar-refractivity contribution is 0.00429. The Bertz CT molecular complexity index is 222. The minimum Gasteiger partial charge on any atom is -0.381 e. The smallest absolute Gasteiger partial charge is 0.0596 e. The Labute approximate surface area is 111 Å². The molecule has 0 spiro atoms. The molecule has 0 aromatic rings. The van der Waals surface area contributed by atoms with Crippen molar-refractivity contribution >= 4 is 0 Å². The molecule has 0 unspecified atom stereocenters. The van der Waals surface area contributed by atoms with E-state index < -0.39 is 0 Å². The molecule has 2 rings (SSSR count). The predicted molar refractivity (Wildman–Crippen MR) is 72.9 cm³/mol. The molecule has 0 bridgehead atoms. The first kappa shape index (κ1) is 14.3. The Morgan fingerprint density at radius 2 is 1.78 bits per heavy atom. The van der Waals surface area contributed by atoms with Gasteiger partial charge in [-0.05, 0) is 26.7 Å². The molecule has 106 valence electrons. The minimum atomic E-state index is 0.355. The van der Waals surface area contributed by atoms with Crippen LogP contribution in [0.3, 0.4) is 0 Å². The lowest BCUT2D eigenvalue weighted by Gasteiger charge is -2.40. The summed E-state index contributed by atoms with van der Waals surface area (Å²) in [6.07, 6.45) is 2.79. The fourth-order valence-corrected chi connectivity index (χ4v) is 2.82. The van der Waals surface area contributed by atoms with Crippen molar-refractivity contribution < 1.29 is 9.47 Å². The van der Waals surface area contributed by atoms with Crippen LogP contribution in [-0.2, 0) is 9.47 Å². The summed E-state index contributed by atoms with van der Waals surface area (Å²) < 4.78 is 11.0. The number of nitrogens with zero attached hydrogens (tertiary/aromatic N) is 2. The van der Waals surface area contributed by atoms with Crippen molar-refractivity contribution in [2.75, 3.05) is 52.5 Å². The van der Waals surface area contributed by atoms with Crippen LogP contribution < -0.4 is 0 Å². The van der Waals surface area contributed by atoms with Crippen molar-refractivity contribution in [2.45, 2.75) is 38.8 Å². The zero-order valence-corrected chi connectivity index (χ0v) is 11.9. The monoisotopic (exact) mass is 256 g/mol. The van der Waals surface area contributed by atoms with Gasteiger partial charge in [-0.2, -0.15) is 0 Å². The van der Waals surface area contributed by atoms with Gasteiger partial charge >= 0.3 is 0 Å². The number of piperazine rings is 1. The lowest BCUT2D eigenvalue weighted by Crippen LogP contribution is -2.52. The molecule has 18 heavy (non-hydrogen) atoms. The van der Waals surface area contributed by atoms with Crippen molar-refractivity contribution in [3.8, 4) is 0 Å². The minimum absolute atomic E-state index is 0.355. The molecule has 2 fully saturated rings. The number of hydrogen-bond acceptors (Lipinski definition) is 4. The van der Waals surface area contributed by atoms with E-state index in [1.54, 1.807) is 0 Å². The van der Waals surface area contributed by atoms with Crippen LogP contribution in [0.5, 0.6) is 0 Å². The third kappa shape index (κ3) is 4.50. The molecule has 0 saturated carbocycles. The molecule has 2 heterocycles. The van der Waals surface area contributed by atoms with Gasteiger partial charge in [0.1, 0.15) is 0 Å². The topological polar surface area (TPSA) is 24.9 Å².